The minimum atomic E-state index is -0.988. The Balaban J connectivity index is 1.82. The van der Waals surface area contributed by atoms with Crippen LogP contribution in [0.5, 0.6) is 0 Å². The van der Waals surface area contributed by atoms with E-state index in [1.165, 1.54) is 0 Å². The van der Waals surface area contributed by atoms with Crippen molar-refractivity contribution in [2.45, 2.75) is 32.7 Å². The molecule has 4 amide bonds. The molecule has 0 saturated carbocycles. The fraction of sp³-hybridized carbons (Fsp3) is 0.278. The molecule has 1 fully saturated rings. The molecule has 0 aliphatic carbocycles. The molecule has 1 aromatic heterocycles. The monoisotopic (exact) mass is 353 g/mol. The number of rotatable bonds is 2. The fourth-order valence-electron chi connectivity index (χ4n) is 3.59. The molecule has 0 radical (unpaired) electrons. The topological polar surface area (TPSA) is 110 Å². The summed E-state index contributed by atoms with van der Waals surface area (Å²) >= 11 is 0. The van der Waals surface area contributed by atoms with Gasteiger partial charge in [0, 0.05) is 17.5 Å². The molecule has 0 bridgehead atoms. The van der Waals surface area contributed by atoms with Crippen LogP contribution < -0.4 is 5.32 Å². The van der Waals surface area contributed by atoms with Crippen LogP contribution in [0.4, 0.5) is 0 Å². The van der Waals surface area contributed by atoms with Gasteiger partial charge in [0.05, 0.1) is 16.8 Å². The van der Waals surface area contributed by atoms with Gasteiger partial charge in [-0.2, -0.15) is 0 Å². The summed E-state index contributed by atoms with van der Waals surface area (Å²) in [7, 11) is 0. The Morgan fingerprint density at radius 2 is 1.81 bits per heavy atom. The van der Waals surface area contributed by atoms with E-state index in [0.717, 1.165) is 4.90 Å². The predicted octanol–water partition coefficient (Wildman–Crippen LogP) is 1.36. The highest BCUT2D eigenvalue weighted by atomic mass is 16.5. The molecule has 0 spiro atoms. The summed E-state index contributed by atoms with van der Waals surface area (Å²) in [5.74, 6) is -1.58. The number of aromatic nitrogens is 1. The van der Waals surface area contributed by atoms with Crippen molar-refractivity contribution in [3.63, 3.8) is 0 Å². The van der Waals surface area contributed by atoms with Crippen LogP contribution in [0.2, 0.25) is 0 Å². The van der Waals surface area contributed by atoms with Crippen molar-refractivity contribution in [3.05, 3.63) is 40.8 Å². The van der Waals surface area contributed by atoms with E-state index in [9.17, 15) is 19.2 Å². The fourth-order valence-corrected chi connectivity index (χ4v) is 3.59. The third kappa shape index (κ3) is 2.18. The molecule has 1 aromatic carbocycles. The number of carbonyl (C=O) groups excluding carboxylic acids is 4. The normalized spacial score (nSPS) is 19.8. The lowest BCUT2D eigenvalue weighted by molar-refractivity contribution is -0.136. The Kier molecular flexibility index (Phi) is 3.50. The van der Waals surface area contributed by atoms with Crippen molar-refractivity contribution in [2.75, 3.05) is 0 Å². The van der Waals surface area contributed by atoms with E-state index in [-0.39, 0.29) is 24.0 Å². The number of carbonyl (C=O) groups is 4. The van der Waals surface area contributed by atoms with Crippen LogP contribution in [0.3, 0.4) is 0 Å². The maximum Gasteiger partial charge on any atom is 0.262 e. The Morgan fingerprint density at radius 3 is 2.46 bits per heavy atom. The summed E-state index contributed by atoms with van der Waals surface area (Å²) in [6.07, 6.45) is 0.206. The number of hydrogen-bond donors (Lipinski definition) is 1. The SMILES string of the molecule is Cc1noc(C)c1-c1cccc2c1C(=O)N(C1CCC(=O)NC1=O)C2=O. The Hall–Kier alpha value is -3.29. The van der Waals surface area contributed by atoms with Crippen molar-refractivity contribution in [2.24, 2.45) is 0 Å². The zero-order valence-electron chi connectivity index (χ0n) is 14.2. The number of imide groups is 2. The van der Waals surface area contributed by atoms with E-state index in [4.69, 9.17) is 4.52 Å². The number of benzene rings is 1. The summed E-state index contributed by atoms with van der Waals surface area (Å²) in [4.78, 5) is 50.4. The molecule has 8 heteroatoms. The highest BCUT2D eigenvalue weighted by Gasteiger charge is 2.45. The van der Waals surface area contributed by atoms with E-state index in [0.29, 0.717) is 22.6 Å². The maximum absolute atomic E-state index is 13.1. The molecule has 1 atom stereocenters. The van der Waals surface area contributed by atoms with Gasteiger partial charge in [0.15, 0.2) is 0 Å². The number of piperidine rings is 1. The molecule has 3 heterocycles. The van der Waals surface area contributed by atoms with Crippen molar-refractivity contribution in [1.82, 2.24) is 15.4 Å². The van der Waals surface area contributed by atoms with Crippen molar-refractivity contribution in [1.29, 1.82) is 0 Å². The minimum Gasteiger partial charge on any atom is -0.361 e. The van der Waals surface area contributed by atoms with E-state index >= 15 is 0 Å². The zero-order chi connectivity index (χ0) is 18.6. The average Bonchev–Trinajstić information content (AvgIpc) is 3.06. The lowest BCUT2D eigenvalue weighted by atomic mass is 9.95. The number of hydrogen-bond acceptors (Lipinski definition) is 6. The standard InChI is InChI=1S/C18H15N3O5/c1-8-14(9(2)26-20-8)10-4-3-5-11-15(10)18(25)21(17(11)24)12-6-7-13(22)19-16(12)23/h3-5,12H,6-7H2,1-2H3,(H,19,22,23). The third-order valence-corrected chi connectivity index (χ3v) is 4.77. The molecule has 1 unspecified atom stereocenters. The van der Waals surface area contributed by atoms with Crippen LogP contribution in [0.15, 0.2) is 22.7 Å². The van der Waals surface area contributed by atoms with Gasteiger partial charge in [-0.05, 0) is 26.3 Å². The van der Waals surface area contributed by atoms with E-state index < -0.39 is 29.7 Å². The first-order valence-electron chi connectivity index (χ1n) is 8.18. The first-order chi connectivity index (χ1) is 12.4. The Morgan fingerprint density at radius 1 is 1.08 bits per heavy atom. The molecular formula is C18H15N3O5. The van der Waals surface area contributed by atoms with Gasteiger partial charge in [-0.25, -0.2) is 0 Å². The average molecular weight is 353 g/mol. The number of nitrogens with zero attached hydrogens (tertiary/aromatic N) is 2. The lowest BCUT2D eigenvalue weighted by Crippen LogP contribution is -2.54. The van der Waals surface area contributed by atoms with Gasteiger partial charge < -0.3 is 4.52 Å². The van der Waals surface area contributed by atoms with Gasteiger partial charge in [0.2, 0.25) is 11.8 Å². The largest absolute Gasteiger partial charge is 0.361 e. The van der Waals surface area contributed by atoms with Crippen molar-refractivity contribution < 1.29 is 23.7 Å². The number of aryl methyl sites for hydroxylation is 2. The molecule has 2 aliphatic heterocycles. The van der Waals surface area contributed by atoms with Gasteiger partial charge in [0.25, 0.3) is 11.8 Å². The first kappa shape index (κ1) is 16.2. The molecule has 132 valence electrons. The third-order valence-electron chi connectivity index (χ3n) is 4.77. The molecule has 1 N–H and O–H groups in total. The highest BCUT2D eigenvalue weighted by Crippen LogP contribution is 2.37. The van der Waals surface area contributed by atoms with Crippen molar-refractivity contribution in [3.8, 4) is 11.1 Å². The molecular weight excluding hydrogens is 338 g/mol. The second-order valence-electron chi connectivity index (χ2n) is 6.37. The molecule has 4 rings (SSSR count). The number of nitrogens with one attached hydrogen (secondary N) is 1. The predicted molar refractivity (Wildman–Crippen MR) is 88.1 cm³/mol. The van der Waals surface area contributed by atoms with Gasteiger partial charge in [-0.3, -0.25) is 29.4 Å². The van der Waals surface area contributed by atoms with Crippen molar-refractivity contribution >= 4 is 23.6 Å². The van der Waals surface area contributed by atoms with Gasteiger partial charge in [-0.1, -0.05) is 17.3 Å². The van der Waals surface area contributed by atoms with Crippen LogP contribution in [0, 0.1) is 13.8 Å². The Labute approximate surface area is 148 Å². The summed E-state index contributed by atoms with van der Waals surface area (Å²) in [5, 5.41) is 6.09. The van der Waals surface area contributed by atoms with Gasteiger partial charge in [-0.15, -0.1) is 0 Å². The van der Waals surface area contributed by atoms with E-state index in [2.05, 4.69) is 10.5 Å². The van der Waals surface area contributed by atoms with Crippen LogP contribution in [-0.4, -0.2) is 39.7 Å². The van der Waals surface area contributed by atoms with E-state index in [1.54, 1.807) is 32.0 Å². The van der Waals surface area contributed by atoms with Crippen LogP contribution in [0.1, 0.15) is 45.0 Å². The van der Waals surface area contributed by atoms with Crippen LogP contribution >= 0.6 is 0 Å². The number of fused-ring (bicyclic) bond motifs is 1. The minimum absolute atomic E-state index is 0.0839. The first-order valence-corrected chi connectivity index (χ1v) is 8.18. The molecule has 2 aliphatic rings. The summed E-state index contributed by atoms with van der Waals surface area (Å²) in [6.45, 7) is 3.48. The molecule has 2 aromatic rings. The lowest BCUT2D eigenvalue weighted by Gasteiger charge is -2.27. The summed E-state index contributed by atoms with van der Waals surface area (Å²) in [6, 6.07) is 3.98. The maximum atomic E-state index is 13.1. The van der Waals surface area contributed by atoms with Gasteiger partial charge in [0.1, 0.15) is 11.8 Å². The quantitative estimate of drug-likeness (QED) is 0.817. The van der Waals surface area contributed by atoms with E-state index in [1.807, 2.05) is 0 Å². The Bertz CT molecular complexity index is 971. The van der Waals surface area contributed by atoms with Crippen LogP contribution in [0.25, 0.3) is 11.1 Å². The second-order valence-corrected chi connectivity index (χ2v) is 6.37. The summed E-state index contributed by atoms with van der Waals surface area (Å²) < 4.78 is 5.18. The zero-order valence-corrected chi connectivity index (χ0v) is 14.2. The smallest absolute Gasteiger partial charge is 0.262 e. The highest BCUT2D eigenvalue weighted by molar-refractivity contribution is 6.25. The van der Waals surface area contributed by atoms with Crippen LogP contribution in [-0.2, 0) is 9.59 Å². The summed E-state index contributed by atoms with van der Waals surface area (Å²) in [5.41, 5.74) is 2.28. The molecule has 26 heavy (non-hydrogen) atoms. The molecule has 8 nitrogen and oxygen atoms in total. The number of amides is 4. The molecule has 1 saturated heterocycles. The van der Waals surface area contributed by atoms with Gasteiger partial charge >= 0.3 is 0 Å². The second kappa shape index (κ2) is 5.62.